The lowest BCUT2D eigenvalue weighted by Gasteiger charge is -2.40. The zero-order chi connectivity index (χ0) is 46.0. The molecule has 1 saturated heterocycles. The molecule has 0 spiro atoms. The first-order chi connectivity index (χ1) is 30.7. The smallest absolute Gasteiger partial charge is 0.305 e. The Bertz CT molecular complexity index is 1320. The van der Waals surface area contributed by atoms with Crippen molar-refractivity contribution in [2.75, 3.05) is 19.8 Å². The minimum absolute atomic E-state index is 0.0588. The second-order valence-electron chi connectivity index (χ2n) is 16.4. The molecule has 7 atom stereocenters. The van der Waals surface area contributed by atoms with E-state index in [1.807, 2.05) is 31.2 Å². The molecule has 11 nitrogen and oxygen atoms in total. The Morgan fingerprint density at radius 3 is 1.78 bits per heavy atom. The summed E-state index contributed by atoms with van der Waals surface area (Å²) in [5.41, 5.74) is 0. The van der Waals surface area contributed by atoms with E-state index < -0.39 is 49.5 Å². The van der Waals surface area contributed by atoms with Crippen LogP contribution >= 0.6 is 0 Å². The van der Waals surface area contributed by atoms with E-state index in [4.69, 9.17) is 14.2 Å². The van der Waals surface area contributed by atoms with Gasteiger partial charge in [0.25, 0.3) is 0 Å². The van der Waals surface area contributed by atoms with Gasteiger partial charge in [-0.2, -0.15) is 0 Å². The number of nitrogens with one attached hydrogen (secondary N) is 1. The maximum Gasteiger partial charge on any atom is 0.305 e. The number of rotatable bonds is 39. The first-order valence-electron chi connectivity index (χ1n) is 24.3. The molecule has 0 bridgehead atoms. The van der Waals surface area contributed by atoms with Crippen LogP contribution in [0, 0.1) is 0 Å². The van der Waals surface area contributed by atoms with E-state index in [-0.39, 0.29) is 24.9 Å². The molecule has 0 aromatic rings. The van der Waals surface area contributed by atoms with Gasteiger partial charge in [-0.3, -0.25) is 9.59 Å². The molecule has 0 aliphatic carbocycles. The fraction of sp³-hybridized carbons (Fsp3) is 0.692. The van der Waals surface area contributed by atoms with Gasteiger partial charge in [-0.15, -0.1) is 0 Å². The van der Waals surface area contributed by atoms with Crippen LogP contribution in [0.3, 0.4) is 0 Å². The lowest BCUT2D eigenvalue weighted by atomic mass is 9.99. The number of allylic oxidation sites excluding steroid dienone is 13. The summed E-state index contributed by atoms with van der Waals surface area (Å²) < 4.78 is 16.5. The van der Waals surface area contributed by atoms with E-state index in [2.05, 4.69) is 66.9 Å². The van der Waals surface area contributed by atoms with Crippen molar-refractivity contribution in [3.05, 3.63) is 85.1 Å². The summed E-state index contributed by atoms with van der Waals surface area (Å²) in [6, 6.07) is -0.879. The van der Waals surface area contributed by atoms with Gasteiger partial charge in [0, 0.05) is 12.8 Å². The minimum atomic E-state index is -1.60. The Morgan fingerprint density at radius 2 is 1.16 bits per heavy atom. The monoisotopic (exact) mass is 886 g/mol. The third kappa shape index (κ3) is 32.2. The number of amides is 1. The van der Waals surface area contributed by atoms with Gasteiger partial charge in [0.15, 0.2) is 6.29 Å². The van der Waals surface area contributed by atoms with Crippen LogP contribution in [0.15, 0.2) is 85.1 Å². The molecule has 7 unspecified atom stereocenters. The van der Waals surface area contributed by atoms with Gasteiger partial charge >= 0.3 is 5.97 Å². The van der Waals surface area contributed by atoms with Gasteiger partial charge < -0.3 is 45.1 Å². The van der Waals surface area contributed by atoms with E-state index in [0.29, 0.717) is 25.9 Å². The van der Waals surface area contributed by atoms with E-state index in [1.165, 1.54) is 44.9 Å². The summed E-state index contributed by atoms with van der Waals surface area (Å²) in [6.07, 6.45) is 44.2. The largest absolute Gasteiger partial charge is 0.466 e. The van der Waals surface area contributed by atoms with Gasteiger partial charge in [0.05, 0.1) is 32.0 Å². The number of aliphatic hydroxyl groups is 5. The number of carbonyl (C=O) groups is 2. The topological polar surface area (TPSA) is 175 Å². The molecule has 1 amide bonds. The number of hydrogen-bond acceptors (Lipinski definition) is 10. The lowest BCUT2D eigenvalue weighted by Crippen LogP contribution is -2.60. The molecule has 0 aromatic carbocycles. The van der Waals surface area contributed by atoms with Gasteiger partial charge in [-0.05, 0) is 96.8 Å². The van der Waals surface area contributed by atoms with E-state index >= 15 is 0 Å². The third-order valence-electron chi connectivity index (χ3n) is 10.8. The normalized spacial score (nSPS) is 20.8. The second-order valence-corrected chi connectivity index (χ2v) is 16.4. The molecular weight excluding hydrogens is 799 g/mol. The molecule has 1 rings (SSSR count). The molecule has 1 aliphatic rings. The van der Waals surface area contributed by atoms with Crippen LogP contribution in [0.25, 0.3) is 0 Å². The Hall–Kier alpha value is -3.16. The van der Waals surface area contributed by atoms with Gasteiger partial charge in [0.1, 0.15) is 24.4 Å². The van der Waals surface area contributed by atoms with Gasteiger partial charge in [-0.25, -0.2) is 0 Å². The molecule has 0 radical (unpaired) electrons. The number of esters is 1. The SMILES string of the molecule is C/C=C/CC/C=C/CC/C=C/C(O)C(COC1OC(CO)C(O)C(O)C1O)NC(=O)CC/C=C\C/C=C\CCCCCCCCOC(=O)CCCCCCC/C=C\C/C=C\CCC. The molecular formula is C52H87NO10. The quantitative estimate of drug-likeness (QED) is 0.0198. The number of ether oxygens (including phenoxy) is 3. The highest BCUT2D eigenvalue weighted by Crippen LogP contribution is 2.22. The predicted octanol–water partition coefficient (Wildman–Crippen LogP) is 9.49. The average Bonchev–Trinajstić information content (AvgIpc) is 3.28. The number of carbonyl (C=O) groups excluding carboxylic acids is 2. The van der Waals surface area contributed by atoms with Crippen LogP contribution < -0.4 is 5.32 Å². The molecule has 360 valence electrons. The minimum Gasteiger partial charge on any atom is -0.466 e. The molecule has 1 aliphatic heterocycles. The maximum atomic E-state index is 12.9. The van der Waals surface area contributed by atoms with Crippen molar-refractivity contribution < 1.29 is 49.3 Å². The highest BCUT2D eigenvalue weighted by Gasteiger charge is 2.44. The highest BCUT2D eigenvalue weighted by molar-refractivity contribution is 5.76. The summed E-state index contributed by atoms with van der Waals surface area (Å²) in [5, 5.41) is 53.9. The number of hydrogen-bond donors (Lipinski definition) is 6. The van der Waals surface area contributed by atoms with E-state index in [9.17, 15) is 35.1 Å². The number of unbranched alkanes of at least 4 members (excludes halogenated alkanes) is 14. The molecule has 63 heavy (non-hydrogen) atoms. The third-order valence-corrected chi connectivity index (χ3v) is 10.8. The van der Waals surface area contributed by atoms with E-state index in [0.717, 1.165) is 83.5 Å². The molecule has 11 heteroatoms. The van der Waals surface area contributed by atoms with Crippen molar-refractivity contribution in [2.45, 2.75) is 211 Å². The van der Waals surface area contributed by atoms with E-state index in [1.54, 1.807) is 6.08 Å². The van der Waals surface area contributed by atoms with Crippen LogP contribution in [-0.2, 0) is 23.8 Å². The first kappa shape index (κ1) is 57.9. The van der Waals surface area contributed by atoms with Crippen molar-refractivity contribution in [3.8, 4) is 0 Å². The maximum absolute atomic E-state index is 12.9. The second kappa shape index (κ2) is 41.5. The molecule has 1 heterocycles. The number of aliphatic hydroxyl groups excluding tert-OH is 5. The zero-order valence-electron chi connectivity index (χ0n) is 39.0. The first-order valence-corrected chi connectivity index (χ1v) is 24.3. The Kier molecular flexibility index (Phi) is 38.1. The summed E-state index contributed by atoms with van der Waals surface area (Å²) in [7, 11) is 0. The van der Waals surface area contributed by atoms with Crippen LogP contribution in [0.1, 0.15) is 168 Å². The highest BCUT2D eigenvalue weighted by atomic mass is 16.7. The van der Waals surface area contributed by atoms with Crippen molar-refractivity contribution in [3.63, 3.8) is 0 Å². The summed E-state index contributed by atoms with van der Waals surface area (Å²) in [5.74, 6) is -0.344. The molecule has 1 fully saturated rings. The summed E-state index contributed by atoms with van der Waals surface area (Å²) in [6.45, 7) is 3.88. The van der Waals surface area contributed by atoms with Gasteiger partial charge in [-0.1, -0.05) is 143 Å². The average molecular weight is 886 g/mol. The zero-order valence-corrected chi connectivity index (χ0v) is 39.0. The predicted molar refractivity (Wildman–Crippen MR) is 255 cm³/mol. The van der Waals surface area contributed by atoms with Crippen molar-refractivity contribution >= 4 is 11.9 Å². The summed E-state index contributed by atoms with van der Waals surface area (Å²) in [4.78, 5) is 24.9. The summed E-state index contributed by atoms with van der Waals surface area (Å²) >= 11 is 0. The van der Waals surface area contributed by atoms with Gasteiger partial charge in [0.2, 0.25) is 5.91 Å². The fourth-order valence-corrected chi connectivity index (χ4v) is 6.85. The van der Waals surface area contributed by atoms with Crippen LogP contribution in [0.2, 0.25) is 0 Å². The van der Waals surface area contributed by atoms with Crippen LogP contribution in [-0.4, -0.2) is 100 Å². The van der Waals surface area contributed by atoms with Crippen molar-refractivity contribution in [1.82, 2.24) is 5.32 Å². The lowest BCUT2D eigenvalue weighted by molar-refractivity contribution is -0.302. The van der Waals surface area contributed by atoms with Crippen LogP contribution in [0.4, 0.5) is 0 Å². The molecule has 0 aromatic heterocycles. The molecule has 0 saturated carbocycles. The molecule has 6 N–H and O–H groups in total. The standard InChI is InChI=1S/C52H87NO10/c1-3-5-7-9-11-13-14-16-20-24-28-32-36-40-48(57)61-41-37-33-29-25-21-18-15-17-19-23-27-31-35-39-47(56)53-44(45(55)38-34-30-26-22-12-10-8-6-4-2)43-62-52-51(60)50(59)49(58)46(42-54)63-52/h4,6-7,9,12-14,17,19,22,27,31,34,38,44-46,49-52,54-55,58-60H,3,5,8,10-11,15-16,18,20-21,23-26,28-30,32-33,35-37,39-43H2,1-2H3,(H,53,56)/b6-4+,9-7-,14-13-,19-17-,22-12+,31-27-,38-34+. The van der Waals surface area contributed by atoms with Crippen LogP contribution in [0.5, 0.6) is 0 Å². The Morgan fingerprint density at radius 1 is 0.619 bits per heavy atom. The van der Waals surface area contributed by atoms with Crippen molar-refractivity contribution in [2.24, 2.45) is 0 Å². The van der Waals surface area contributed by atoms with Crippen molar-refractivity contribution in [1.29, 1.82) is 0 Å². The Balaban J connectivity index is 2.22. The Labute approximate surface area is 381 Å². The fourth-order valence-electron chi connectivity index (χ4n) is 6.85.